The molecular formula is C20H23N5O. The van der Waals surface area contributed by atoms with Crippen molar-refractivity contribution in [3.05, 3.63) is 65.7 Å². The number of nitrogens with zero attached hydrogens (tertiary/aromatic N) is 4. The Labute approximate surface area is 152 Å². The quantitative estimate of drug-likeness (QED) is 0.767. The van der Waals surface area contributed by atoms with Gasteiger partial charge in [-0.2, -0.15) is 0 Å². The van der Waals surface area contributed by atoms with Gasteiger partial charge in [0.2, 0.25) is 5.78 Å². The molecule has 6 heteroatoms. The van der Waals surface area contributed by atoms with E-state index in [1.807, 2.05) is 12.3 Å². The number of rotatable bonds is 5. The summed E-state index contributed by atoms with van der Waals surface area (Å²) in [4.78, 5) is 23.1. The minimum absolute atomic E-state index is 0.148. The average molecular weight is 349 g/mol. The van der Waals surface area contributed by atoms with Crippen molar-refractivity contribution >= 4 is 11.7 Å². The van der Waals surface area contributed by atoms with Gasteiger partial charge in [-0.15, -0.1) is 0 Å². The van der Waals surface area contributed by atoms with Gasteiger partial charge in [-0.05, 0) is 43.0 Å². The summed E-state index contributed by atoms with van der Waals surface area (Å²) < 4.78 is 1.75. The standard InChI is InChI=1S/C20H23N5O/c1-15-5-2-3-6-17(15)16-7-11-24(13-16)12-9-21-19(26)18-14-25-10-4-8-22-20(25)23-18/h2-6,8,10,14,16H,7,9,11-13H2,1H3,(H,21,26). The highest BCUT2D eigenvalue weighted by Gasteiger charge is 2.24. The number of benzene rings is 1. The lowest BCUT2D eigenvalue weighted by Crippen LogP contribution is -2.34. The third kappa shape index (κ3) is 3.46. The van der Waals surface area contributed by atoms with Gasteiger partial charge in [0, 0.05) is 38.2 Å². The van der Waals surface area contributed by atoms with Crippen LogP contribution in [0.1, 0.15) is 34.0 Å². The van der Waals surface area contributed by atoms with Gasteiger partial charge in [-0.1, -0.05) is 24.3 Å². The summed E-state index contributed by atoms with van der Waals surface area (Å²) in [7, 11) is 0. The Kier molecular flexibility index (Phi) is 4.67. The molecule has 1 amide bonds. The van der Waals surface area contributed by atoms with Crippen molar-refractivity contribution in [2.75, 3.05) is 26.2 Å². The van der Waals surface area contributed by atoms with E-state index >= 15 is 0 Å². The van der Waals surface area contributed by atoms with E-state index in [1.54, 1.807) is 16.8 Å². The molecule has 0 saturated carbocycles. The number of imidazole rings is 1. The molecule has 3 aromatic rings. The number of hydrogen-bond donors (Lipinski definition) is 1. The van der Waals surface area contributed by atoms with E-state index in [1.165, 1.54) is 17.5 Å². The molecule has 0 aliphatic carbocycles. The summed E-state index contributed by atoms with van der Waals surface area (Å²) in [6.45, 7) is 5.80. The highest BCUT2D eigenvalue weighted by Crippen LogP contribution is 2.28. The van der Waals surface area contributed by atoms with Crippen LogP contribution in [-0.2, 0) is 0 Å². The fourth-order valence-electron chi connectivity index (χ4n) is 3.69. The molecule has 4 rings (SSSR count). The van der Waals surface area contributed by atoms with Crippen molar-refractivity contribution in [2.45, 2.75) is 19.3 Å². The van der Waals surface area contributed by atoms with E-state index in [9.17, 15) is 4.79 Å². The molecule has 0 spiro atoms. The van der Waals surface area contributed by atoms with Crippen molar-refractivity contribution in [3.8, 4) is 0 Å². The second-order valence-electron chi connectivity index (χ2n) is 6.85. The number of likely N-dealkylation sites (tertiary alicyclic amines) is 1. The van der Waals surface area contributed by atoms with E-state index in [-0.39, 0.29) is 5.91 Å². The highest BCUT2D eigenvalue weighted by molar-refractivity contribution is 5.92. The first-order valence-electron chi connectivity index (χ1n) is 9.06. The summed E-state index contributed by atoms with van der Waals surface area (Å²) in [5.41, 5.74) is 3.23. The van der Waals surface area contributed by atoms with Crippen molar-refractivity contribution in [3.63, 3.8) is 0 Å². The second-order valence-corrected chi connectivity index (χ2v) is 6.85. The van der Waals surface area contributed by atoms with Crippen molar-refractivity contribution < 1.29 is 4.79 Å². The zero-order valence-corrected chi connectivity index (χ0v) is 14.9. The Bertz CT molecular complexity index is 886. The van der Waals surface area contributed by atoms with Gasteiger partial charge < -0.3 is 10.2 Å². The van der Waals surface area contributed by atoms with Crippen LogP contribution in [0.5, 0.6) is 0 Å². The first kappa shape index (κ1) is 16.7. The summed E-state index contributed by atoms with van der Waals surface area (Å²) in [6.07, 6.45) is 6.39. The Morgan fingerprint density at radius 3 is 3.04 bits per heavy atom. The molecule has 134 valence electrons. The van der Waals surface area contributed by atoms with Gasteiger partial charge >= 0.3 is 0 Å². The normalized spacial score (nSPS) is 17.7. The molecule has 1 unspecified atom stereocenters. The zero-order chi connectivity index (χ0) is 17.9. The maximum absolute atomic E-state index is 12.3. The Hall–Kier alpha value is -2.73. The molecule has 1 aliphatic heterocycles. The number of aromatic nitrogens is 3. The van der Waals surface area contributed by atoms with Crippen LogP contribution in [-0.4, -0.2) is 51.4 Å². The van der Waals surface area contributed by atoms with Crippen molar-refractivity contribution in [1.82, 2.24) is 24.6 Å². The number of carbonyl (C=O) groups is 1. The number of carbonyl (C=O) groups excluding carboxylic acids is 1. The largest absolute Gasteiger partial charge is 0.349 e. The zero-order valence-electron chi connectivity index (χ0n) is 14.9. The van der Waals surface area contributed by atoms with Crippen LogP contribution in [0.25, 0.3) is 5.78 Å². The van der Waals surface area contributed by atoms with E-state index < -0.39 is 0 Å². The van der Waals surface area contributed by atoms with Crippen LogP contribution in [0.2, 0.25) is 0 Å². The van der Waals surface area contributed by atoms with Crippen LogP contribution >= 0.6 is 0 Å². The van der Waals surface area contributed by atoms with E-state index in [0.29, 0.717) is 23.9 Å². The number of amides is 1. The van der Waals surface area contributed by atoms with Crippen LogP contribution < -0.4 is 5.32 Å². The number of fused-ring (bicyclic) bond motifs is 1. The molecule has 0 radical (unpaired) electrons. The van der Waals surface area contributed by atoms with Gasteiger partial charge in [-0.25, -0.2) is 9.97 Å². The smallest absolute Gasteiger partial charge is 0.271 e. The van der Waals surface area contributed by atoms with Gasteiger partial charge in [0.05, 0.1) is 0 Å². The van der Waals surface area contributed by atoms with Crippen molar-refractivity contribution in [1.29, 1.82) is 0 Å². The van der Waals surface area contributed by atoms with E-state index in [0.717, 1.165) is 19.6 Å². The van der Waals surface area contributed by atoms with E-state index in [2.05, 4.69) is 51.4 Å². The van der Waals surface area contributed by atoms with Crippen LogP contribution in [0.3, 0.4) is 0 Å². The topological polar surface area (TPSA) is 62.5 Å². The minimum Gasteiger partial charge on any atom is -0.349 e. The lowest BCUT2D eigenvalue weighted by molar-refractivity contribution is 0.0945. The molecule has 1 fully saturated rings. The fraction of sp³-hybridized carbons (Fsp3) is 0.350. The Morgan fingerprint density at radius 1 is 1.31 bits per heavy atom. The Balaban J connectivity index is 1.28. The molecule has 1 N–H and O–H groups in total. The number of aryl methyl sites for hydroxylation is 1. The molecular weight excluding hydrogens is 326 g/mol. The Morgan fingerprint density at radius 2 is 2.19 bits per heavy atom. The first-order chi connectivity index (χ1) is 12.7. The molecule has 1 saturated heterocycles. The summed E-state index contributed by atoms with van der Waals surface area (Å²) in [5, 5.41) is 2.97. The van der Waals surface area contributed by atoms with Gasteiger partial charge in [0.1, 0.15) is 5.69 Å². The second kappa shape index (κ2) is 7.25. The molecule has 1 aromatic carbocycles. The maximum Gasteiger partial charge on any atom is 0.271 e. The third-order valence-electron chi connectivity index (χ3n) is 5.08. The lowest BCUT2D eigenvalue weighted by Gasteiger charge is -2.17. The number of hydrogen-bond acceptors (Lipinski definition) is 4. The SMILES string of the molecule is Cc1ccccc1C1CCN(CCNC(=O)c2cn3cccnc3n2)C1. The van der Waals surface area contributed by atoms with Gasteiger partial charge in [0.15, 0.2) is 0 Å². The summed E-state index contributed by atoms with van der Waals surface area (Å²) in [5.74, 6) is 0.986. The third-order valence-corrected chi connectivity index (χ3v) is 5.08. The van der Waals surface area contributed by atoms with Crippen LogP contribution in [0.15, 0.2) is 48.9 Å². The number of nitrogens with one attached hydrogen (secondary N) is 1. The first-order valence-corrected chi connectivity index (χ1v) is 9.06. The van der Waals surface area contributed by atoms with Gasteiger partial charge in [-0.3, -0.25) is 9.20 Å². The molecule has 1 aliphatic rings. The molecule has 2 aromatic heterocycles. The predicted molar refractivity (Wildman–Crippen MR) is 100 cm³/mol. The van der Waals surface area contributed by atoms with E-state index in [4.69, 9.17) is 0 Å². The van der Waals surface area contributed by atoms with Crippen molar-refractivity contribution in [2.24, 2.45) is 0 Å². The van der Waals surface area contributed by atoms with Crippen LogP contribution in [0, 0.1) is 6.92 Å². The molecule has 0 bridgehead atoms. The predicted octanol–water partition coefficient (Wildman–Crippen LogP) is 2.26. The molecule has 3 heterocycles. The van der Waals surface area contributed by atoms with Crippen LogP contribution in [0.4, 0.5) is 0 Å². The monoisotopic (exact) mass is 349 g/mol. The summed E-state index contributed by atoms with van der Waals surface area (Å²) in [6, 6.07) is 10.4. The summed E-state index contributed by atoms with van der Waals surface area (Å²) >= 11 is 0. The fourth-order valence-corrected chi connectivity index (χ4v) is 3.69. The molecule has 1 atom stereocenters. The molecule has 6 nitrogen and oxygen atoms in total. The highest BCUT2D eigenvalue weighted by atomic mass is 16.1. The average Bonchev–Trinajstić information content (AvgIpc) is 3.29. The molecule has 26 heavy (non-hydrogen) atoms. The minimum atomic E-state index is -0.148. The van der Waals surface area contributed by atoms with Gasteiger partial charge in [0.25, 0.3) is 5.91 Å². The maximum atomic E-state index is 12.3. The lowest BCUT2D eigenvalue weighted by atomic mass is 9.94.